The average molecular weight is 381 g/mol. The van der Waals surface area contributed by atoms with E-state index < -0.39 is 0 Å². The van der Waals surface area contributed by atoms with E-state index in [1.807, 2.05) is 48.5 Å². The molecule has 0 saturated heterocycles. The Labute approximate surface area is 162 Å². The van der Waals surface area contributed by atoms with Crippen LogP contribution in [0.4, 0.5) is 0 Å². The van der Waals surface area contributed by atoms with E-state index in [9.17, 15) is 9.59 Å². The Balaban J connectivity index is 1.83. The van der Waals surface area contributed by atoms with Crippen LogP contribution in [0.5, 0.6) is 0 Å². The molecule has 3 aromatic carbocycles. The quantitative estimate of drug-likeness (QED) is 0.475. The van der Waals surface area contributed by atoms with Gasteiger partial charge in [-0.05, 0) is 17.7 Å². The van der Waals surface area contributed by atoms with E-state index in [0.29, 0.717) is 16.1 Å². The fourth-order valence-corrected chi connectivity index (χ4v) is 3.77. The number of rotatable bonds is 6. The van der Waals surface area contributed by atoms with Gasteiger partial charge in [-0.2, -0.15) is 0 Å². The van der Waals surface area contributed by atoms with E-state index in [1.165, 1.54) is 11.8 Å². The van der Waals surface area contributed by atoms with E-state index in [-0.39, 0.29) is 22.6 Å². The molecule has 0 bridgehead atoms. The number of carbonyl (C=O) groups is 2. The first-order valence-electron chi connectivity index (χ1n) is 8.23. The summed E-state index contributed by atoms with van der Waals surface area (Å²) in [6.07, 6.45) is 0.245. The van der Waals surface area contributed by atoms with Crippen LogP contribution in [-0.2, 0) is 0 Å². The first-order valence-corrected chi connectivity index (χ1v) is 9.49. The fourth-order valence-electron chi connectivity index (χ4n) is 2.59. The molecule has 0 fully saturated rings. The molecule has 0 aromatic heterocycles. The van der Waals surface area contributed by atoms with Crippen molar-refractivity contribution in [1.82, 2.24) is 0 Å². The van der Waals surface area contributed by atoms with Crippen molar-refractivity contribution in [2.45, 2.75) is 11.7 Å². The van der Waals surface area contributed by atoms with Gasteiger partial charge in [0.05, 0.1) is 0 Å². The zero-order valence-electron chi connectivity index (χ0n) is 14.0. The molecule has 0 amide bonds. The molecule has 0 radical (unpaired) electrons. The largest absolute Gasteiger partial charge is 0.294 e. The molecular formula is C22H17ClO2S. The van der Waals surface area contributed by atoms with Gasteiger partial charge in [-0.25, -0.2) is 0 Å². The second kappa shape index (κ2) is 8.84. The lowest BCUT2D eigenvalue weighted by atomic mass is 10.0. The molecule has 4 heteroatoms. The molecule has 2 nitrogen and oxygen atoms in total. The lowest BCUT2D eigenvalue weighted by Crippen LogP contribution is -2.08. The highest BCUT2D eigenvalue weighted by molar-refractivity contribution is 8.14. The van der Waals surface area contributed by atoms with Crippen molar-refractivity contribution in [2.75, 3.05) is 0 Å². The number of carbonyl (C=O) groups excluding carboxylic acids is 2. The van der Waals surface area contributed by atoms with Gasteiger partial charge < -0.3 is 0 Å². The van der Waals surface area contributed by atoms with E-state index in [1.54, 1.807) is 36.4 Å². The zero-order chi connectivity index (χ0) is 18.4. The Kier molecular flexibility index (Phi) is 6.26. The van der Waals surface area contributed by atoms with Crippen LogP contribution in [-0.4, -0.2) is 10.9 Å². The van der Waals surface area contributed by atoms with Gasteiger partial charge >= 0.3 is 0 Å². The molecule has 0 unspecified atom stereocenters. The van der Waals surface area contributed by atoms with Crippen LogP contribution in [0.1, 0.15) is 38.0 Å². The first kappa shape index (κ1) is 18.4. The third kappa shape index (κ3) is 4.84. The molecule has 1 atom stereocenters. The maximum absolute atomic E-state index is 12.7. The summed E-state index contributed by atoms with van der Waals surface area (Å²) < 4.78 is 0. The number of hydrogen-bond acceptors (Lipinski definition) is 3. The lowest BCUT2D eigenvalue weighted by Gasteiger charge is -2.16. The second-order valence-electron chi connectivity index (χ2n) is 5.80. The summed E-state index contributed by atoms with van der Waals surface area (Å²) in [7, 11) is 0. The van der Waals surface area contributed by atoms with Crippen LogP contribution in [0.25, 0.3) is 0 Å². The van der Waals surface area contributed by atoms with E-state index in [4.69, 9.17) is 11.6 Å². The molecular weight excluding hydrogens is 364 g/mol. The van der Waals surface area contributed by atoms with Crippen molar-refractivity contribution >= 4 is 34.3 Å². The molecule has 3 aromatic rings. The van der Waals surface area contributed by atoms with Crippen LogP contribution in [0.3, 0.4) is 0 Å². The highest BCUT2D eigenvalue weighted by Crippen LogP contribution is 2.36. The topological polar surface area (TPSA) is 34.1 Å². The molecule has 0 heterocycles. The summed E-state index contributed by atoms with van der Waals surface area (Å²) in [5.74, 6) is 0.0129. The van der Waals surface area contributed by atoms with Crippen molar-refractivity contribution in [3.8, 4) is 0 Å². The molecule has 0 aliphatic carbocycles. The molecule has 0 aliphatic rings. The maximum Gasteiger partial charge on any atom is 0.219 e. The molecule has 130 valence electrons. The van der Waals surface area contributed by atoms with Gasteiger partial charge in [0.15, 0.2) is 5.78 Å². The average Bonchev–Trinajstić information content (AvgIpc) is 2.69. The summed E-state index contributed by atoms with van der Waals surface area (Å²) in [5.41, 5.74) is 2.19. The van der Waals surface area contributed by atoms with Crippen LogP contribution in [0.15, 0.2) is 84.9 Å². The van der Waals surface area contributed by atoms with Crippen LogP contribution in [0, 0.1) is 0 Å². The second-order valence-corrected chi connectivity index (χ2v) is 7.42. The van der Waals surface area contributed by atoms with Crippen LogP contribution in [0.2, 0.25) is 5.02 Å². The summed E-state index contributed by atoms with van der Waals surface area (Å²) in [4.78, 5) is 25.3. The monoisotopic (exact) mass is 380 g/mol. The smallest absolute Gasteiger partial charge is 0.219 e. The molecule has 0 spiro atoms. The lowest BCUT2D eigenvalue weighted by molar-refractivity contribution is 0.0982. The number of benzene rings is 3. The standard InChI is InChI=1S/C22H17ClO2S/c23-19-13-11-17(12-14-19)21(15-20(24)16-7-3-1-4-8-16)26-22(25)18-9-5-2-6-10-18/h1-14,21H,15H2/t21-/m1/s1. The van der Waals surface area contributed by atoms with Crippen molar-refractivity contribution < 1.29 is 9.59 Å². The summed E-state index contributed by atoms with van der Waals surface area (Å²) in [6, 6.07) is 25.6. The third-order valence-corrected chi connectivity index (χ3v) is 5.39. The highest BCUT2D eigenvalue weighted by Gasteiger charge is 2.22. The highest BCUT2D eigenvalue weighted by atomic mass is 35.5. The Hall–Kier alpha value is -2.36. The number of ketones is 1. The minimum absolute atomic E-state index is 0.0129. The zero-order valence-corrected chi connectivity index (χ0v) is 15.5. The van der Waals surface area contributed by atoms with Crippen molar-refractivity contribution in [3.05, 3.63) is 107 Å². The minimum Gasteiger partial charge on any atom is -0.294 e. The van der Waals surface area contributed by atoms with Crippen molar-refractivity contribution in [3.63, 3.8) is 0 Å². The van der Waals surface area contributed by atoms with E-state index in [2.05, 4.69) is 0 Å². The number of halogens is 1. The van der Waals surface area contributed by atoms with Gasteiger partial charge in [0.1, 0.15) is 0 Å². The summed E-state index contributed by atoms with van der Waals surface area (Å²) in [6.45, 7) is 0. The van der Waals surface area contributed by atoms with Gasteiger partial charge in [-0.15, -0.1) is 0 Å². The van der Waals surface area contributed by atoms with Crippen LogP contribution >= 0.6 is 23.4 Å². The fraction of sp³-hybridized carbons (Fsp3) is 0.0909. The first-order chi connectivity index (χ1) is 12.6. The number of Topliss-reactive ketones (excluding diaryl/α,β-unsaturated/α-hetero) is 1. The normalized spacial score (nSPS) is 11.7. The number of hydrogen-bond donors (Lipinski definition) is 0. The Bertz CT molecular complexity index is 824. The van der Waals surface area contributed by atoms with Gasteiger partial charge in [0.25, 0.3) is 0 Å². The summed E-state index contributed by atoms with van der Waals surface area (Å²) in [5, 5.41) is 0.306. The van der Waals surface area contributed by atoms with Gasteiger partial charge in [0, 0.05) is 27.8 Å². The summed E-state index contributed by atoms with van der Waals surface area (Å²) >= 11 is 7.16. The Morgan fingerprint density at radius 3 is 1.88 bits per heavy atom. The Morgan fingerprint density at radius 2 is 1.31 bits per heavy atom. The molecule has 0 N–H and O–H groups in total. The van der Waals surface area contributed by atoms with Gasteiger partial charge in [-0.1, -0.05) is 96.2 Å². The molecule has 0 aliphatic heterocycles. The number of thioether (sulfide) groups is 1. The van der Waals surface area contributed by atoms with E-state index >= 15 is 0 Å². The molecule has 0 saturated carbocycles. The van der Waals surface area contributed by atoms with Gasteiger partial charge in [0.2, 0.25) is 5.12 Å². The molecule has 3 rings (SSSR count). The van der Waals surface area contributed by atoms with E-state index in [0.717, 1.165) is 5.56 Å². The van der Waals surface area contributed by atoms with Crippen LogP contribution < -0.4 is 0 Å². The SMILES string of the molecule is O=C(C[C@@H](SC(=O)c1ccccc1)c1ccc(Cl)cc1)c1ccccc1. The maximum atomic E-state index is 12.7. The Morgan fingerprint density at radius 1 is 0.769 bits per heavy atom. The predicted octanol–water partition coefficient (Wildman–Crippen LogP) is 6.23. The predicted molar refractivity (Wildman–Crippen MR) is 108 cm³/mol. The molecule has 26 heavy (non-hydrogen) atoms. The van der Waals surface area contributed by atoms with Gasteiger partial charge in [-0.3, -0.25) is 9.59 Å². The van der Waals surface area contributed by atoms with Crippen molar-refractivity contribution in [2.24, 2.45) is 0 Å². The third-order valence-electron chi connectivity index (χ3n) is 3.97. The minimum atomic E-state index is -0.271. The van der Waals surface area contributed by atoms with Crippen molar-refractivity contribution in [1.29, 1.82) is 0 Å².